The minimum absolute atomic E-state index is 0.115. The maximum atomic E-state index is 12.9. The molecule has 18 heavy (non-hydrogen) atoms. The van der Waals surface area contributed by atoms with Crippen LogP contribution in [0.3, 0.4) is 0 Å². The van der Waals surface area contributed by atoms with Crippen molar-refractivity contribution in [2.45, 2.75) is 32.2 Å². The van der Waals surface area contributed by atoms with Gasteiger partial charge in [0.2, 0.25) is 0 Å². The van der Waals surface area contributed by atoms with Crippen LogP contribution in [-0.2, 0) is 0 Å². The van der Waals surface area contributed by atoms with Crippen LogP contribution in [-0.4, -0.2) is 11.0 Å². The fourth-order valence-corrected chi connectivity index (χ4v) is 1.94. The molecule has 0 heterocycles. The summed E-state index contributed by atoms with van der Waals surface area (Å²) in [7, 11) is 0. The number of nitrogens with zero attached hydrogens (tertiary/aromatic N) is 1. The van der Waals surface area contributed by atoms with E-state index in [9.17, 15) is 18.9 Å². The number of nitro benzene ring substituents is 1. The first-order valence-electron chi connectivity index (χ1n) is 5.82. The summed E-state index contributed by atoms with van der Waals surface area (Å²) in [6.07, 6.45) is -0.519. The molecule has 1 N–H and O–H groups in total. The molecule has 0 aromatic heterocycles. The van der Waals surface area contributed by atoms with Gasteiger partial charge in [0.15, 0.2) is 0 Å². The zero-order valence-electron chi connectivity index (χ0n) is 9.90. The van der Waals surface area contributed by atoms with Crippen LogP contribution in [0.25, 0.3) is 0 Å². The number of halogens is 2. The van der Waals surface area contributed by atoms with Gasteiger partial charge in [-0.15, -0.1) is 0 Å². The summed E-state index contributed by atoms with van der Waals surface area (Å²) in [5, 5.41) is 13.6. The van der Waals surface area contributed by atoms with Crippen molar-refractivity contribution in [3.8, 4) is 0 Å². The standard InChI is InChI=1S/C12H14F2N2O2/c1-7(8-2-3-8)15-11-5-4-9(16(17)18)6-10(11)12(13)14/h4-8,12,15H,2-3H2,1H3. The van der Waals surface area contributed by atoms with Crippen LogP contribution in [0.5, 0.6) is 0 Å². The number of rotatable bonds is 5. The smallest absolute Gasteiger partial charge is 0.270 e. The summed E-state index contributed by atoms with van der Waals surface area (Å²) in [5.41, 5.74) is -0.332. The average molecular weight is 256 g/mol. The zero-order chi connectivity index (χ0) is 13.3. The van der Waals surface area contributed by atoms with Crippen molar-refractivity contribution in [1.29, 1.82) is 0 Å². The summed E-state index contributed by atoms with van der Waals surface area (Å²) in [5.74, 6) is 0.519. The van der Waals surface area contributed by atoms with Crippen molar-refractivity contribution >= 4 is 11.4 Å². The Hall–Kier alpha value is -1.72. The molecule has 1 fully saturated rings. The summed E-state index contributed by atoms with van der Waals surface area (Å²) >= 11 is 0. The van der Waals surface area contributed by atoms with Crippen LogP contribution >= 0.6 is 0 Å². The lowest BCUT2D eigenvalue weighted by Crippen LogP contribution is -2.18. The molecular formula is C12H14F2N2O2. The van der Waals surface area contributed by atoms with Crippen LogP contribution in [0.1, 0.15) is 31.8 Å². The molecule has 0 saturated heterocycles. The molecular weight excluding hydrogens is 242 g/mol. The molecule has 1 saturated carbocycles. The number of non-ortho nitro benzene ring substituents is 1. The molecule has 4 nitrogen and oxygen atoms in total. The molecule has 0 bridgehead atoms. The Morgan fingerprint density at radius 2 is 2.11 bits per heavy atom. The third-order valence-electron chi connectivity index (χ3n) is 3.19. The molecule has 0 spiro atoms. The highest BCUT2D eigenvalue weighted by Gasteiger charge is 2.29. The Balaban J connectivity index is 2.24. The lowest BCUT2D eigenvalue weighted by atomic mass is 10.1. The molecule has 1 aromatic rings. The second-order valence-electron chi connectivity index (χ2n) is 4.60. The topological polar surface area (TPSA) is 55.2 Å². The van der Waals surface area contributed by atoms with Crippen molar-refractivity contribution in [3.05, 3.63) is 33.9 Å². The Morgan fingerprint density at radius 1 is 1.44 bits per heavy atom. The maximum absolute atomic E-state index is 12.9. The van der Waals surface area contributed by atoms with Gasteiger partial charge in [-0.05, 0) is 31.7 Å². The highest BCUT2D eigenvalue weighted by molar-refractivity contribution is 5.57. The molecule has 1 unspecified atom stereocenters. The van der Waals surface area contributed by atoms with Gasteiger partial charge in [-0.1, -0.05) is 0 Å². The highest BCUT2D eigenvalue weighted by Crippen LogP contribution is 2.36. The van der Waals surface area contributed by atoms with E-state index in [0.29, 0.717) is 5.92 Å². The first-order valence-corrected chi connectivity index (χ1v) is 5.82. The number of anilines is 1. The van der Waals surface area contributed by atoms with Crippen molar-refractivity contribution in [2.24, 2.45) is 5.92 Å². The van der Waals surface area contributed by atoms with Crippen LogP contribution < -0.4 is 5.32 Å². The molecule has 1 aliphatic rings. The molecule has 1 aliphatic carbocycles. The van der Waals surface area contributed by atoms with Crippen molar-refractivity contribution < 1.29 is 13.7 Å². The van der Waals surface area contributed by atoms with Gasteiger partial charge in [0, 0.05) is 29.4 Å². The predicted molar refractivity (Wildman–Crippen MR) is 63.9 cm³/mol. The second-order valence-corrected chi connectivity index (χ2v) is 4.60. The lowest BCUT2D eigenvalue weighted by Gasteiger charge is -2.17. The summed E-state index contributed by atoms with van der Waals surface area (Å²) in [6.45, 7) is 1.94. The van der Waals surface area contributed by atoms with Crippen LogP contribution in [0.15, 0.2) is 18.2 Å². The molecule has 0 aliphatic heterocycles. The van der Waals surface area contributed by atoms with Crippen LogP contribution in [0, 0.1) is 16.0 Å². The number of alkyl halides is 2. The molecule has 2 rings (SSSR count). The van der Waals surface area contributed by atoms with E-state index in [-0.39, 0.29) is 23.0 Å². The zero-order valence-corrected chi connectivity index (χ0v) is 9.90. The molecule has 1 atom stereocenters. The molecule has 6 heteroatoms. The normalized spacial score (nSPS) is 16.7. The van der Waals surface area contributed by atoms with Gasteiger partial charge >= 0.3 is 0 Å². The largest absolute Gasteiger partial charge is 0.382 e. The van der Waals surface area contributed by atoms with E-state index >= 15 is 0 Å². The minimum Gasteiger partial charge on any atom is -0.382 e. The Bertz CT molecular complexity index is 461. The van der Waals surface area contributed by atoms with E-state index in [1.54, 1.807) is 0 Å². The number of hydrogen-bond donors (Lipinski definition) is 1. The number of hydrogen-bond acceptors (Lipinski definition) is 3. The monoisotopic (exact) mass is 256 g/mol. The molecule has 98 valence electrons. The third-order valence-corrected chi connectivity index (χ3v) is 3.19. The van der Waals surface area contributed by atoms with Gasteiger partial charge in [-0.2, -0.15) is 0 Å². The summed E-state index contributed by atoms with van der Waals surface area (Å²) < 4.78 is 25.8. The fraction of sp³-hybridized carbons (Fsp3) is 0.500. The fourth-order valence-electron chi connectivity index (χ4n) is 1.94. The predicted octanol–water partition coefficient (Wildman–Crippen LogP) is 3.74. The van der Waals surface area contributed by atoms with E-state index in [1.165, 1.54) is 12.1 Å². The average Bonchev–Trinajstić information content (AvgIpc) is 3.12. The quantitative estimate of drug-likeness (QED) is 0.645. The van der Waals surface area contributed by atoms with Crippen LogP contribution in [0.2, 0.25) is 0 Å². The number of nitrogens with one attached hydrogen (secondary N) is 1. The van der Waals surface area contributed by atoms with E-state index in [2.05, 4.69) is 5.32 Å². The van der Waals surface area contributed by atoms with Crippen LogP contribution in [0.4, 0.5) is 20.2 Å². The van der Waals surface area contributed by atoms with E-state index in [1.807, 2.05) is 6.92 Å². The molecule has 0 radical (unpaired) electrons. The van der Waals surface area contributed by atoms with Crippen molar-refractivity contribution in [1.82, 2.24) is 0 Å². The summed E-state index contributed by atoms with van der Waals surface area (Å²) in [6, 6.07) is 3.66. The Labute approximate surface area is 103 Å². The van der Waals surface area contributed by atoms with Gasteiger partial charge in [0.25, 0.3) is 12.1 Å². The number of nitro groups is 1. The highest BCUT2D eigenvalue weighted by atomic mass is 19.3. The van der Waals surface area contributed by atoms with Gasteiger partial charge in [0.05, 0.1) is 4.92 Å². The third kappa shape index (κ3) is 2.75. The molecule has 1 aromatic carbocycles. The maximum Gasteiger partial charge on any atom is 0.270 e. The van der Waals surface area contributed by atoms with Gasteiger partial charge in [-0.3, -0.25) is 10.1 Å². The van der Waals surface area contributed by atoms with Crippen molar-refractivity contribution in [2.75, 3.05) is 5.32 Å². The lowest BCUT2D eigenvalue weighted by molar-refractivity contribution is -0.385. The van der Waals surface area contributed by atoms with Gasteiger partial charge in [0.1, 0.15) is 0 Å². The molecule has 0 amide bonds. The first-order chi connectivity index (χ1) is 8.49. The van der Waals surface area contributed by atoms with E-state index < -0.39 is 11.3 Å². The summed E-state index contributed by atoms with van der Waals surface area (Å²) in [4.78, 5) is 9.90. The minimum atomic E-state index is -2.72. The Morgan fingerprint density at radius 3 is 2.61 bits per heavy atom. The van der Waals surface area contributed by atoms with Crippen molar-refractivity contribution in [3.63, 3.8) is 0 Å². The number of benzene rings is 1. The first kappa shape index (κ1) is 12.7. The SMILES string of the molecule is CC(Nc1ccc([N+](=O)[O-])cc1C(F)F)C1CC1. The van der Waals surface area contributed by atoms with E-state index in [0.717, 1.165) is 18.9 Å². The van der Waals surface area contributed by atoms with E-state index in [4.69, 9.17) is 0 Å². The van der Waals surface area contributed by atoms with Gasteiger partial charge < -0.3 is 5.32 Å². The Kier molecular flexibility index (Phi) is 3.45. The van der Waals surface area contributed by atoms with Gasteiger partial charge in [-0.25, -0.2) is 8.78 Å². The second kappa shape index (κ2) is 4.88.